The van der Waals surface area contributed by atoms with E-state index in [1.54, 1.807) is 0 Å². The van der Waals surface area contributed by atoms with Crippen molar-refractivity contribution in [3.8, 4) is 0 Å². The summed E-state index contributed by atoms with van der Waals surface area (Å²) in [5, 5.41) is 8.54. The van der Waals surface area contributed by atoms with Crippen LogP contribution in [0.4, 0.5) is 4.39 Å². The van der Waals surface area contributed by atoms with Crippen LogP contribution >= 0.6 is 0 Å². The van der Waals surface area contributed by atoms with Crippen molar-refractivity contribution in [1.82, 2.24) is 0 Å². The molecule has 0 saturated carbocycles. The molecule has 1 unspecified atom stereocenters. The molecule has 0 amide bonds. The predicted molar refractivity (Wildman–Crippen MR) is 60.3 cm³/mol. The first-order valence-electron chi connectivity index (χ1n) is 4.88. The van der Waals surface area contributed by atoms with Crippen LogP contribution in [-0.2, 0) is 10.8 Å². The van der Waals surface area contributed by atoms with E-state index in [2.05, 4.69) is 0 Å². The minimum atomic E-state index is -1.26. The summed E-state index contributed by atoms with van der Waals surface area (Å²) in [7, 11) is -1.26. The highest BCUT2D eigenvalue weighted by Gasteiger charge is 2.10. The Morgan fingerprint density at radius 2 is 1.94 bits per heavy atom. The lowest BCUT2D eigenvalue weighted by Crippen LogP contribution is -2.13. The number of hydrogen-bond acceptors (Lipinski definition) is 3. The monoisotopic (exact) mass is 244 g/mol. The Morgan fingerprint density at radius 1 is 1.31 bits per heavy atom. The van der Waals surface area contributed by atoms with E-state index in [0.717, 1.165) is 0 Å². The zero-order chi connectivity index (χ0) is 12.0. The zero-order valence-corrected chi connectivity index (χ0v) is 9.50. The lowest BCUT2D eigenvalue weighted by atomic mass is 10.1. The molecule has 0 aliphatic heterocycles. The van der Waals surface area contributed by atoms with Gasteiger partial charge in [-0.2, -0.15) is 0 Å². The van der Waals surface area contributed by atoms with Crippen LogP contribution in [0.15, 0.2) is 24.3 Å². The fourth-order valence-corrected chi connectivity index (χ4v) is 2.22. The molecule has 0 aliphatic carbocycles. The van der Waals surface area contributed by atoms with E-state index >= 15 is 0 Å². The van der Waals surface area contributed by atoms with Gasteiger partial charge in [0.05, 0.1) is 5.75 Å². The van der Waals surface area contributed by atoms with Crippen molar-refractivity contribution in [2.75, 3.05) is 18.1 Å². The van der Waals surface area contributed by atoms with Crippen molar-refractivity contribution < 1.29 is 18.5 Å². The van der Waals surface area contributed by atoms with Gasteiger partial charge >= 0.3 is 0 Å². The van der Waals surface area contributed by atoms with Gasteiger partial charge in [-0.15, -0.1) is 0 Å². The molecule has 5 heteroatoms. The Labute approximate surface area is 95.8 Å². The highest BCUT2D eigenvalue weighted by atomic mass is 32.2. The Kier molecular flexibility index (Phi) is 5.28. The molecule has 1 aromatic carbocycles. The molecule has 1 aromatic rings. The Bertz CT molecular complexity index is 375. The summed E-state index contributed by atoms with van der Waals surface area (Å²) in [4.78, 5) is 11.6. The van der Waals surface area contributed by atoms with Gasteiger partial charge in [0.2, 0.25) is 0 Å². The smallest absolute Gasteiger partial charge is 0.175 e. The topological polar surface area (TPSA) is 54.4 Å². The van der Waals surface area contributed by atoms with E-state index in [4.69, 9.17) is 5.11 Å². The Morgan fingerprint density at radius 3 is 2.50 bits per heavy atom. The number of rotatable bonds is 6. The van der Waals surface area contributed by atoms with E-state index < -0.39 is 16.6 Å². The van der Waals surface area contributed by atoms with Gasteiger partial charge in [-0.1, -0.05) is 0 Å². The molecule has 1 N–H and O–H groups in total. The highest BCUT2D eigenvalue weighted by molar-refractivity contribution is 7.85. The number of ketones is 1. The van der Waals surface area contributed by atoms with Gasteiger partial charge in [0.25, 0.3) is 0 Å². The third-order valence-corrected chi connectivity index (χ3v) is 3.32. The lowest BCUT2D eigenvalue weighted by molar-refractivity contribution is 0.102. The second kappa shape index (κ2) is 6.50. The van der Waals surface area contributed by atoms with Crippen molar-refractivity contribution in [2.45, 2.75) is 6.42 Å². The van der Waals surface area contributed by atoms with Crippen LogP contribution in [0.1, 0.15) is 16.8 Å². The maximum atomic E-state index is 12.6. The number of benzene rings is 1. The van der Waals surface area contributed by atoms with E-state index in [1.165, 1.54) is 24.3 Å². The largest absolute Gasteiger partial charge is 0.396 e. The van der Waals surface area contributed by atoms with E-state index in [1.807, 2.05) is 0 Å². The third-order valence-electron chi connectivity index (χ3n) is 1.99. The molecule has 0 bridgehead atoms. The molecule has 1 rings (SSSR count). The summed E-state index contributed by atoms with van der Waals surface area (Å²) >= 11 is 0. The molecule has 16 heavy (non-hydrogen) atoms. The number of halogens is 1. The minimum Gasteiger partial charge on any atom is -0.396 e. The van der Waals surface area contributed by atoms with Crippen LogP contribution in [0.25, 0.3) is 0 Å². The maximum Gasteiger partial charge on any atom is 0.175 e. The molecule has 0 fully saturated rings. The van der Waals surface area contributed by atoms with Gasteiger partial charge < -0.3 is 5.11 Å². The van der Waals surface area contributed by atoms with Gasteiger partial charge in [-0.05, 0) is 30.7 Å². The van der Waals surface area contributed by atoms with Gasteiger partial charge in [0.1, 0.15) is 5.82 Å². The molecular weight excluding hydrogens is 231 g/mol. The highest BCUT2D eigenvalue weighted by Crippen LogP contribution is 2.04. The second-order valence-corrected chi connectivity index (χ2v) is 4.87. The van der Waals surface area contributed by atoms with Crippen LogP contribution in [0, 0.1) is 5.82 Å². The number of carbonyl (C=O) groups excluding carboxylic acids is 1. The van der Waals surface area contributed by atoms with E-state index in [9.17, 15) is 13.4 Å². The summed E-state index contributed by atoms with van der Waals surface area (Å²) in [6.07, 6.45) is 0.420. The SMILES string of the molecule is O=C(CS(=O)CCCO)c1ccc(F)cc1. The lowest BCUT2D eigenvalue weighted by Gasteiger charge is -2.01. The summed E-state index contributed by atoms with van der Waals surface area (Å²) < 4.78 is 23.9. The average molecular weight is 244 g/mol. The van der Waals surface area contributed by atoms with Gasteiger partial charge in [-0.3, -0.25) is 9.00 Å². The first-order chi connectivity index (χ1) is 7.63. The molecule has 0 saturated heterocycles. The van der Waals surface area contributed by atoms with Crippen molar-refractivity contribution in [1.29, 1.82) is 0 Å². The molecule has 88 valence electrons. The Balaban J connectivity index is 2.52. The summed E-state index contributed by atoms with van der Waals surface area (Å²) in [6.45, 7) is -0.0313. The number of Topliss-reactive ketones (excluding diaryl/α,β-unsaturated/α-hetero) is 1. The molecule has 0 spiro atoms. The summed E-state index contributed by atoms with van der Waals surface area (Å²) in [5.41, 5.74) is 0.360. The number of aliphatic hydroxyl groups excluding tert-OH is 1. The number of aliphatic hydroxyl groups is 1. The van der Waals surface area contributed by atoms with Gasteiger partial charge in [0, 0.05) is 28.7 Å². The fourth-order valence-electron chi connectivity index (χ4n) is 1.16. The normalized spacial score (nSPS) is 12.4. The molecule has 0 heterocycles. The standard InChI is InChI=1S/C11H13FO3S/c12-10-4-2-9(3-5-10)11(14)8-16(15)7-1-6-13/h2-5,13H,1,6-8H2. The Hall–Kier alpha value is -1.07. The average Bonchev–Trinajstić information content (AvgIpc) is 2.27. The second-order valence-electron chi connectivity index (χ2n) is 3.30. The zero-order valence-electron chi connectivity index (χ0n) is 8.69. The van der Waals surface area contributed by atoms with E-state index in [0.29, 0.717) is 17.7 Å². The van der Waals surface area contributed by atoms with Gasteiger partial charge in [-0.25, -0.2) is 4.39 Å². The molecule has 0 aliphatic rings. The van der Waals surface area contributed by atoms with Crippen LogP contribution in [0.5, 0.6) is 0 Å². The van der Waals surface area contributed by atoms with Crippen molar-refractivity contribution in [3.63, 3.8) is 0 Å². The summed E-state index contributed by atoms with van der Waals surface area (Å²) in [6, 6.07) is 5.15. The number of carbonyl (C=O) groups is 1. The van der Waals surface area contributed by atoms with Crippen LogP contribution < -0.4 is 0 Å². The fraction of sp³-hybridized carbons (Fsp3) is 0.364. The van der Waals surface area contributed by atoms with Crippen molar-refractivity contribution in [3.05, 3.63) is 35.6 Å². The quantitative estimate of drug-likeness (QED) is 0.763. The first kappa shape index (κ1) is 13.0. The van der Waals surface area contributed by atoms with Crippen molar-refractivity contribution in [2.24, 2.45) is 0 Å². The number of hydrogen-bond donors (Lipinski definition) is 1. The first-order valence-corrected chi connectivity index (χ1v) is 6.37. The van der Waals surface area contributed by atoms with Crippen molar-refractivity contribution >= 4 is 16.6 Å². The molecule has 0 aromatic heterocycles. The van der Waals surface area contributed by atoms with Crippen LogP contribution in [0.2, 0.25) is 0 Å². The molecular formula is C11H13FO3S. The summed E-state index contributed by atoms with van der Waals surface area (Å²) in [5.74, 6) is -0.441. The van der Waals surface area contributed by atoms with Crippen LogP contribution in [0.3, 0.4) is 0 Å². The van der Waals surface area contributed by atoms with Gasteiger partial charge in [0.15, 0.2) is 5.78 Å². The van der Waals surface area contributed by atoms with E-state index in [-0.39, 0.29) is 18.1 Å². The third kappa shape index (κ3) is 4.20. The predicted octanol–water partition coefficient (Wildman–Crippen LogP) is 1.14. The van der Waals surface area contributed by atoms with Crippen LogP contribution in [-0.4, -0.2) is 33.2 Å². The maximum absolute atomic E-state index is 12.6. The molecule has 1 atom stereocenters. The minimum absolute atomic E-state index is 0.0313. The molecule has 0 radical (unpaired) electrons. The molecule has 3 nitrogen and oxygen atoms in total.